The molecule has 8 heteroatoms. The molecule has 1 aromatic heterocycles. The second-order valence-corrected chi connectivity index (χ2v) is 10.2. The zero-order valence-electron chi connectivity index (χ0n) is 21.2. The van der Waals surface area contributed by atoms with Crippen LogP contribution in [-0.2, 0) is 9.59 Å². The van der Waals surface area contributed by atoms with E-state index in [-0.39, 0.29) is 24.3 Å². The van der Waals surface area contributed by atoms with Gasteiger partial charge in [-0.2, -0.15) is 5.10 Å². The third-order valence-corrected chi connectivity index (χ3v) is 7.69. The summed E-state index contributed by atoms with van der Waals surface area (Å²) in [6.45, 7) is 6.73. The molecule has 1 saturated carbocycles. The highest BCUT2D eigenvalue weighted by Gasteiger charge is 2.27. The number of nitrogens with zero attached hydrogens (tertiary/aromatic N) is 4. The number of allylic oxidation sites excluding steroid dienone is 1. The third-order valence-electron chi connectivity index (χ3n) is 7.69. The Kier molecular flexibility index (Phi) is 6.60. The van der Waals surface area contributed by atoms with Gasteiger partial charge in [-0.3, -0.25) is 19.1 Å². The molecular formula is C28H33N5O3. The van der Waals surface area contributed by atoms with Gasteiger partial charge in [-0.05, 0) is 62.5 Å². The number of aromatic nitrogens is 2. The second-order valence-electron chi connectivity index (χ2n) is 10.2. The van der Waals surface area contributed by atoms with E-state index in [9.17, 15) is 14.4 Å². The van der Waals surface area contributed by atoms with Crippen molar-refractivity contribution in [2.75, 3.05) is 19.6 Å². The summed E-state index contributed by atoms with van der Waals surface area (Å²) in [5.74, 6) is -0.818. The number of hydrogen-bond donors (Lipinski definition) is 1. The lowest BCUT2D eigenvalue weighted by molar-refractivity contribution is -0.128. The van der Waals surface area contributed by atoms with Gasteiger partial charge in [0.15, 0.2) is 0 Å². The molecule has 1 N–H and O–H groups in total. The highest BCUT2D eigenvalue weighted by Crippen LogP contribution is 2.35. The topological polar surface area (TPSA) is 96.7 Å². The molecule has 3 aliphatic rings. The van der Waals surface area contributed by atoms with Crippen molar-refractivity contribution in [3.8, 4) is 0 Å². The maximum absolute atomic E-state index is 13.5. The van der Waals surface area contributed by atoms with E-state index in [0.29, 0.717) is 30.4 Å². The van der Waals surface area contributed by atoms with Crippen LogP contribution in [0.3, 0.4) is 0 Å². The molecule has 0 bridgehead atoms. The van der Waals surface area contributed by atoms with Gasteiger partial charge in [-0.15, -0.1) is 0 Å². The van der Waals surface area contributed by atoms with E-state index in [2.05, 4.69) is 27.1 Å². The van der Waals surface area contributed by atoms with E-state index in [1.165, 1.54) is 12.8 Å². The van der Waals surface area contributed by atoms with E-state index < -0.39 is 5.92 Å². The van der Waals surface area contributed by atoms with Crippen molar-refractivity contribution in [2.45, 2.75) is 58.9 Å². The smallest absolute Gasteiger partial charge is 0.254 e. The molecule has 188 valence electrons. The Labute approximate surface area is 211 Å². The fraction of sp³-hybridized carbons (Fsp3) is 0.464. The molecule has 8 nitrogen and oxygen atoms in total. The zero-order chi connectivity index (χ0) is 25.4. The number of carbonyl (C=O) groups excluding carboxylic acids is 3. The number of fused-ring (bicyclic) bond motifs is 1. The first-order chi connectivity index (χ1) is 17.3. The van der Waals surface area contributed by atoms with Crippen molar-refractivity contribution in [1.82, 2.24) is 20.0 Å². The van der Waals surface area contributed by atoms with Crippen molar-refractivity contribution in [3.05, 3.63) is 47.2 Å². The molecule has 0 spiro atoms. The number of amides is 3. The van der Waals surface area contributed by atoms with Gasteiger partial charge in [0.1, 0.15) is 0 Å². The number of aliphatic imine (C=N–C) groups is 1. The number of rotatable bonds is 5. The van der Waals surface area contributed by atoms with E-state index in [1.807, 2.05) is 24.0 Å². The van der Waals surface area contributed by atoms with Crippen molar-refractivity contribution >= 4 is 39.9 Å². The average molecular weight is 488 g/mol. The number of hydrogen-bond acceptors (Lipinski definition) is 4. The Hall–Kier alpha value is -3.55. The van der Waals surface area contributed by atoms with Crippen molar-refractivity contribution in [2.24, 2.45) is 10.9 Å². The fourth-order valence-corrected chi connectivity index (χ4v) is 5.62. The van der Waals surface area contributed by atoms with Gasteiger partial charge in [-0.1, -0.05) is 24.5 Å². The van der Waals surface area contributed by atoms with Crippen LogP contribution in [0.2, 0.25) is 0 Å². The van der Waals surface area contributed by atoms with Gasteiger partial charge < -0.3 is 10.2 Å². The Morgan fingerprint density at radius 1 is 1.17 bits per heavy atom. The van der Waals surface area contributed by atoms with Crippen LogP contribution in [0.25, 0.3) is 16.5 Å². The average Bonchev–Trinajstić information content (AvgIpc) is 3.52. The standard InChI is InChI=1S/C28H33N5O3/c1-17-12-18(2)31-28(36)24(17)15-29-27(35)23-13-21(20-8-10-32(11-9-20)19(3)34)14-26-25(23)16-30-33(26)22-6-4-5-7-22/h8,12-14,16,22,24H,4-7,9-11,15H2,1-3H3,(H,29,35). The van der Waals surface area contributed by atoms with Gasteiger partial charge in [0, 0.05) is 37.7 Å². The molecule has 0 saturated heterocycles. The number of nitrogens with one attached hydrogen (secondary N) is 1. The van der Waals surface area contributed by atoms with Crippen LogP contribution in [0.4, 0.5) is 0 Å². The molecule has 1 aliphatic carbocycles. The van der Waals surface area contributed by atoms with E-state index in [1.54, 1.807) is 20.0 Å². The summed E-state index contributed by atoms with van der Waals surface area (Å²) >= 11 is 0. The minimum absolute atomic E-state index is 0.0706. The van der Waals surface area contributed by atoms with Crippen LogP contribution in [0, 0.1) is 5.92 Å². The molecule has 5 rings (SSSR count). The van der Waals surface area contributed by atoms with Crippen molar-refractivity contribution in [1.29, 1.82) is 0 Å². The number of carbonyl (C=O) groups is 3. The summed E-state index contributed by atoms with van der Waals surface area (Å²) in [6, 6.07) is 4.42. The normalized spacial score (nSPS) is 20.9. The quantitative estimate of drug-likeness (QED) is 0.687. The summed E-state index contributed by atoms with van der Waals surface area (Å²) in [7, 11) is 0. The first-order valence-electron chi connectivity index (χ1n) is 12.8. The van der Waals surface area contributed by atoms with E-state index >= 15 is 0 Å². The summed E-state index contributed by atoms with van der Waals surface area (Å²) < 4.78 is 2.09. The number of benzene rings is 1. The molecular weight excluding hydrogens is 454 g/mol. The Balaban J connectivity index is 1.48. The Morgan fingerprint density at radius 3 is 2.61 bits per heavy atom. The van der Waals surface area contributed by atoms with Gasteiger partial charge in [-0.25, -0.2) is 4.99 Å². The predicted octanol–water partition coefficient (Wildman–Crippen LogP) is 4.08. The summed E-state index contributed by atoms with van der Waals surface area (Å²) in [4.78, 5) is 43.6. The van der Waals surface area contributed by atoms with Gasteiger partial charge >= 0.3 is 0 Å². The lowest BCUT2D eigenvalue weighted by Crippen LogP contribution is -2.35. The first kappa shape index (κ1) is 24.2. The first-order valence-corrected chi connectivity index (χ1v) is 12.8. The SMILES string of the molecule is CC(=O)N1CC=C(c2cc(C(=O)NCC3C(=O)N=C(C)C=C3C)c3cnn(C4CCCC4)c3c2)CC1. The van der Waals surface area contributed by atoms with Crippen LogP contribution in [0.5, 0.6) is 0 Å². The molecule has 1 fully saturated rings. The predicted molar refractivity (Wildman–Crippen MR) is 140 cm³/mol. The lowest BCUT2D eigenvalue weighted by atomic mass is 9.94. The minimum Gasteiger partial charge on any atom is -0.351 e. The monoisotopic (exact) mass is 487 g/mol. The Bertz CT molecular complexity index is 1330. The highest BCUT2D eigenvalue weighted by atomic mass is 16.2. The third kappa shape index (κ3) is 4.64. The van der Waals surface area contributed by atoms with Crippen LogP contribution >= 0.6 is 0 Å². The molecule has 3 amide bonds. The molecule has 2 aromatic rings. The zero-order valence-corrected chi connectivity index (χ0v) is 21.2. The van der Waals surface area contributed by atoms with E-state index in [0.717, 1.165) is 46.9 Å². The van der Waals surface area contributed by atoms with Crippen molar-refractivity contribution < 1.29 is 14.4 Å². The lowest BCUT2D eigenvalue weighted by Gasteiger charge is -2.26. The maximum atomic E-state index is 13.5. The second kappa shape index (κ2) is 9.84. The fourth-order valence-electron chi connectivity index (χ4n) is 5.62. The molecule has 1 aromatic carbocycles. The van der Waals surface area contributed by atoms with Crippen LogP contribution < -0.4 is 5.32 Å². The van der Waals surface area contributed by atoms with Crippen LogP contribution in [0.1, 0.15) is 74.8 Å². The van der Waals surface area contributed by atoms with Crippen molar-refractivity contribution in [3.63, 3.8) is 0 Å². The van der Waals surface area contributed by atoms with Crippen LogP contribution in [-0.4, -0.2) is 57.7 Å². The van der Waals surface area contributed by atoms with E-state index in [4.69, 9.17) is 5.10 Å². The minimum atomic E-state index is -0.448. The molecule has 3 heterocycles. The highest BCUT2D eigenvalue weighted by molar-refractivity contribution is 6.08. The summed E-state index contributed by atoms with van der Waals surface area (Å²) in [6.07, 6.45) is 11.1. The van der Waals surface area contributed by atoms with Gasteiger partial charge in [0.2, 0.25) is 5.91 Å². The maximum Gasteiger partial charge on any atom is 0.254 e. The summed E-state index contributed by atoms with van der Waals surface area (Å²) in [5, 5.41) is 8.52. The van der Waals surface area contributed by atoms with Gasteiger partial charge in [0.25, 0.3) is 11.8 Å². The molecule has 0 radical (unpaired) electrons. The molecule has 1 unspecified atom stereocenters. The van der Waals surface area contributed by atoms with Gasteiger partial charge in [0.05, 0.1) is 29.2 Å². The number of dihydropyridines is 1. The molecule has 2 aliphatic heterocycles. The molecule has 1 atom stereocenters. The molecule has 36 heavy (non-hydrogen) atoms. The summed E-state index contributed by atoms with van der Waals surface area (Å²) in [5.41, 5.74) is 5.24. The Morgan fingerprint density at radius 2 is 1.94 bits per heavy atom. The van der Waals surface area contributed by atoms with Crippen LogP contribution in [0.15, 0.2) is 41.0 Å². The largest absolute Gasteiger partial charge is 0.351 e.